The Morgan fingerprint density at radius 3 is 1.88 bits per heavy atom. The van der Waals surface area contributed by atoms with Crippen LogP contribution in [0.15, 0.2) is 22.9 Å². The fraction of sp³-hybridized carbons (Fsp3) is 0.667. The SMILES string of the molecule is CCO[Si](OCC)(OCC)C1=C(C)CC=C1. The first-order chi connectivity index (χ1) is 7.70. The first-order valence-electron chi connectivity index (χ1n) is 5.98. The van der Waals surface area contributed by atoms with E-state index in [2.05, 4.69) is 19.1 Å². The molecule has 0 fully saturated rings. The standard InChI is InChI=1S/C12H22O3Si/c1-5-13-16(14-6-2,15-7-3)12-10-8-9-11(12)4/h8,10H,5-7,9H2,1-4H3. The molecule has 0 saturated heterocycles. The van der Waals surface area contributed by atoms with Crippen molar-refractivity contribution in [1.29, 1.82) is 0 Å². The number of hydrogen-bond donors (Lipinski definition) is 0. The van der Waals surface area contributed by atoms with Gasteiger partial charge in [0, 0.05) is 25.0 Å². The summed E-state index contributed by atoms with van der Waals surface area (Å²) >= 11 is 0. The van der Waals surface area contributed by atoms with Gasteiger partial charge in [-0.05, 0) is 34.1 Å². The topological polar surface area (TPSA) is 27.7 Å². The van der Waals surface area contributed by atoms with Crippen LogP contribution in [0.1, 0.15) is 34.1 Å². The van der Waals surface area contributed by atoms with Crippen LogP contribution in [0, 0.1) is 0 Å². The lowest BCUT2D eigenvalue weighted by Crippen LogP contribution is -2.48. The average molecular weight is 242 g/mol. The molecule has 1 rings (SSSR count). The Hall–Kier alpha value is -0.423. The van der Waals surface area contributed by atoms with E-state index in [9.17, 15) is 0 Å². The Labute approximate surface area is 99.5 Å². The highest BCUT2D eigenvalue weighted by atomic mass is 28.4. The quantitative estimate of drug-likeness (QED) is 0.643. The zero-order valence-electron chi connectivity index (χ0n) is 10.7. The van der Waals surface area contributed by atoms with Gasteiger partial charge in [0.2, 0.25) is 0 Å². The van der Waals surface area contributed by atoms with E-state index >= 15 is 0 Å². The van der Waals surface area contributed by atoms with E-state index in [1.807, 2.05) is 20.8 Å². The molecule has 0 heterocycles. The summed E-state index contributed by atoms with van der Waals surface area (Å²) in [4.78, 5) is 0. The minimum atomic E-state index is -2.63. The minimum absolute atomic E-state index is 0.622. The molecule has 0 radical (unpaired) electrons. The Balaban J connectivity index is 2.99. The van der Waals surface area contributed by atoms with Crippen molar-refractivity contribution in [3.63, 3.8) is 0 Å². The molecule has 0 spiro atoms. The first-order valence-corrected chi connectivity index (χ1v) is 7.71. The van der Waals surface area contributed by atoms with Crippen LogP contribution in [-0.4, -0.2) is 28.6 Å². The van der Waals surface area contributed by atoms with Gasteiger partial charge in [0.25, 0.3) is 0 Å². The molecule has 0 aromatic rings. The molecule has 0 atom stereocenters. The van der Waals surface area contributed by atoms with Gasteiger partial charge >= 0.3 is 8.80 Å². The molecule has 4 heteroatoms. The van der Waals surface area contributed by atoms with Crippen LogP contribution in [-0.2, 0) is 13.3 Å². The number of allylic oxidation sites excluding steroid dienone is 4. The highest BCUT2D eigenvalue weighted by Crippen LogP contribution is 2.29. The Morgan fingerprint density at radius 2 is 1.56 bits per heavy atom. The van der Waals surface area contributed by atoms with Crippen molar-refractivity contribution in [1.82, 2.24) is 0 Å². The van der Waals surface area contributed by atoms with Gasteiger partial charge in [-0.3, -0.25) is 0 Å². The number of hydrogen-bond acceptors (Lipinski definition) is 3. The minimum Gasteiger partial charge on any atom is -0.370 e. The molecule has 0 aromatic heterocycles. The molecule has 0 aliphatic heterocycles. The normalized spacial score (nSPS) is 16.2. The largest absolute Gasteiger partial charge is 0.537 e. The molecule has 0 aromatic carbocycles. The molecule has 16 heavy (non-hydrogen) atoms. The zero-order chi connectivity index (χ0) is 12.0. The smallest absolute Gasteiger partial charge is 0.370 e. The maximum absolute atomic E-state index is 5.85. The van der Waals surface area contributed by atoms with Gasteiger partial charge in [0.1, 0.15) is 0 Å². The summed E-state index contributed by atoms with van der Waals surface area (Å²) in [7, 11) is -2.63. The van der Waals surface area contributed by atoms with Crippen LogP contribution in [0.3, 0.4) is 0 Å². The third-order valence-corrected chi connectivity index (χ3v) is 5.76. The highest BCUT2D eigenvalue weighted by molar-refractivity contribution is 6.70. The van der Waals surface area contributed by atoms with E-state index in [-0.39, 0.29) is 0 Å². The van der Waals surface area contributed by atoms with Crippen LogP contribution in [0.4, 0.5) is 0 Å². The van der Waals surface area contributed by atoms with E-state index in [1.54, 1.807) is 0 Å². The summed E-state index contributed by atoms with van der Waals surface area (Å²) in [5, 5.41) is 1.15. The summed E-state index contributed by atoms with van der Waals surface area (Å²) in [5.74, 6) is 0. The number of rotatable bonds is 7. The fourth-order valence-electron chi connectivity index (χ4n) is 1.90. The van der Waals surface area contributed by atoms with Crippen LogP contribution in [0.2, 0.25) is 0 Å². The summed E-state index contributed by atoms with van der Waals surface area (Å²) < 4.78 is 17.6. The summed E-state index contributed by atoms with van der Waals surface area (Å²) in [6.45, 7) is 9.93. The molecular weight excluding hydrogens is 220 g/mol. The van der Waals surface area contributed by atoms with Crippen molar-refractivity contribution in [2.45, 2.75) is 34.1 Å². The third kappa shape index (κ3) is 2.82. The molecule has 0 amide bonds. The van der Waals surface area contributed by atoms with Crippen molar-refractivity contribution in [2.24, 2.45) is 0 Å². The molecule has 1 aliphatic rings. The highest BCUT2D eigenvalue weighted by Gasteiger charge is 2.45. The molecule has 0 bridgehead atoms. The maximum Gasteiger partial charge on any atom is 0.537 e. The van der Waals surface area contributed by atoms with Gasteiger partial charge < -0.3 is 13.3 Å². The Morgan fingerprint density at radius 1 is 1.06 bits per heavy atom. The second kappa shape index (κ2) is 6.35. The summed E-state index contributed by atoms with van der Waals surface area (Å²) in [6.07, 6.45) is 5.23. The summed E-state index contributed by atoms with van der Waals surface area (Å²) in [5.41, 5.74) is 1.31. The molecule has 0 unspecified atom stereocenters. The molecule has 92 valence electrons. The maximum atomic E-state index is 5.85. The van der Waals surface area contributed by atoms with Gasteiger partial charge in [-0.15, -0.1) is 0 Å². The predicted octanol–water partition coefficient (Wildman–Crippen LogP) is 2.85. The third-order valence-electron chi connectivity index (χ3n) is 2.50. The monoisotopic (exact) mass is 242 g/mol. The van der Waals surface area contributed by atoms with Crippen LogP contribution in [0.5, 0.6) is 0 Å². The van der Waals surface area contributed by atoms with Gasteiger partial charge in [0.15, 0.2) is 0 Å². The van der Waals surface area contributed by atoms with Crippen molar-refractivity contribution >= 4 is 8.80 Å². The van der Waals surface area contributed by atoms with E-state index in [1.165, 1.54) is 5.57 Å². The van der Waals surface area contributed by atoms with Crippen molar-refractivity contribution < 1.29 is 13.3 Å². The first kappa shape index (κ1) is 13.6. The zero-order valence-corrected chi connectivity index (χ0v) is 11.7. The van der Waals surface area contributed by atoms with Gasteiger partial charge in [-0.2, -0.15) is 0 Å². The van der Waals surface area contributed by atoms with E-state index in [4.69, 9.17) is 13.3 Å². The lowest BCUT2D eigenvalue weighted by Gasteiger charge is -2.29. The predicted molar refractivity (Wildman–Crippen MR) is 67.1 cm³/mol. The lowest BCUT2D eigenvalue weighted by molar-refractivity contribution is 0.0816. The Kier molecular flexibility index (Phi) is 5.41. The molecular formula is C12H22O3Si. The lowest BCUT2D eigenvalue weighted by atomic mass is 10.3. The van der Waals surface area contributed by atoms with E-state index in [0.717, 1.165) is 11.6 Å². The molecule has 0 N–H and O–H groups in total. The Bertz CT molecular complexity index is 267. The van der Waals surface area contributed by atoms with Crippen molar-refractivity contribution in [3.05, 3.63) is 22.9 Å². The van der Waals surface area contributed by atoms with Crippen molar-refractivity contribution in [3.8, 4) is 0 Å². The second-order valence-electron chi connectivity index (χ2n) is 3.66. The van der Waals surface area contributed by atoms with Gasteiger partial charge in [-0.25, -0.2) is 0 Å². The van der Waals surface area contributed by atoms with E-state index in [0.29, 0.717) is 19.8 Å². The van der Waals surface area contributed by atoms with Crippen LogP contribution in [0.25, 0.3) is 0 Å². The molecule has 3 nitrogen and oxygen atoms in total. The average Bonchev–Trinajstić information content (AvgIpc) is 2.66. The van der Waals surface area contributed by atoms with Crippen molar-refractivity contribution in [2.75, 3.05) is 19.8 Å². The second-order valence-corrected chi connectivity index (χ2v) is 6.17. The van der Waals surface area contributed by atoms with Gasteiger partial charge in [-0.1, -0.05) is 17.7 Å². The molecule has 0 saturated carbocycles. The van der Waals surface area contributed by atoms with Gasteiger partial charge in [0.05, 0.1) is 0 Å². The summed E-state index contributed by atoms with van der Waals surface area (Å²) in [6, 6.07) is 0. The van der Waals surface area contributed by atoms with Crippen LogP contribution >= 0.6 is 0 Å². The van der Waals surface area contributed by atoms with E-state index < -0.39 is 8.80 Å². The fourth-order valence-corrected chi connectivity index (χ4v) is 4.70. The van der Waals surface area contributed by atoms with Crippen LogP contribution < -0.4 is 0 Å². The molecule has 1 aliphatic carbocycles.